The van der Waals surface area contributed by atoms with Crippen LogP contribution in [0.5, 0.6) is 0 Å². The van der Waals surface area contributed by atoms with Gasteiger partial charge in [0.05, 0.1) is 12.7 Å². The number of ether oxygens (including phenoxy) is 1. The Balaban J connectivity index is 2.30. The highest BCUT2D eigenvalue weighted by Gasteiger charge is 2.26. The van der Waals surface area contributed by atoms with Gasteiger partial charge in [-0.05, 0) is 6.08 Å². The predicted octanol–water partition coefficient (Wildman–Crippen LogP) is -0.135. The molecule has 1 aliphatic heterocycles. The van der Waals surface area contributed by atoms with Gasteiger partial charge >= 0.3 is 5.97 Å². The minimum atomic E-state index is -0.401. The molecule has 0 fully saturated rings. The number of carbonyl (C=O) groups excluding carboxylic acids is 1. The van der Waals surface area contributed by atoms with E-state index in [4.69, 9.17) is 5.73 Å². The number of carbonyl (C=O) groups is 1. The Kier molecular flexibility index (Phi) is 1.99. The third-order valence-electron chi connectivity index (χ3n) is 2.34. The van der Waals surface area contributed by atoms with E-state index in [1.54, 1.807) is 12.3 Å². The molecule has 0 aromatic heterocycles. The summed E-state index contributed by atoms with van der Waals surface area (Å²) in [7, 11) is 1.34. The van der Waals surface area contributed by atoms with Gasteiger partial charge in [-0.15, -0.1) is 0 Å². The van der Waals surface area contributed by atoms with Crippen molar-refractivity contribution in [1.82, 2.24) is 5.43 Å². The summed E-state index contributed by atoms with van der Waals surface area (Å²) in [6.45, 7) is 0. The van der Waals surface area contributed by atoms with E-state index in [9.17, 15) is 4.79 Å². The molecule has 0 aromatic carbocycles. The summed E-state index contributed by atoms with van der Waals surface area (Å²) in [4.78, 5) is 11.3. The Hall–Kier alpha value is -1.78. The molecule has 1 atom stereocenters. The van der Waals surface area contributed by atoms with Crippen molar-refractivity contribution in [1.29, 1.82) is 0 Å². The SMILES string of the molecule is COC(=O)C1=C(N)CC2C=NNC2=C1. The number of rotatable bonds is 1. The lowest BCUT2D eigenvalue weighted by atomic mass is 9.92. The number of hydrogen-bond acceptors (Lipinski definition) is 5. The molecule has 5 nitrogen and oxygen atoms in total. The maximum atomic E-state index is 11.3. The monoisotopic (exact) mass is 193 g/mol. The van der Waals surface area contributed by atoms with E-state index in [2.05, 4.69) is 15.3 Å². The largest absolute Gasteiger partial charge is 0.465 e. The first-order chi connectivity index (χ1) is 6.72. The summed E-state index contributed by atoms with van der Waals surface area (Å²) in [5.41, 5.74) is 10.5. The Morgan fingerprint density at radius 3 is 3.29 bits per heavy atom. The van der Waals surface area contributed by atoms with E-state index in [1.165, 1.54) is 7.11 Å². The first-order valence-corrected chi connectivity index (χ1v) is 4.30. The fourth-order valence-corrected chi connectivity index (χ4v) is 1.56. The fraction of sp³-hybridized carbons (Fsp3) is 0.333. The Labute approximate surface area is 81.3 Å². The first kappa shape index (κ1) is 8.80. The summed E-state index contributed by atoms with van der Waals surface area (Å²) in [6, 6.07) is 0. The average molecular weight is 193 g/mol. The van der Waals surface area contributed by atoms with Crippen LogP contribution in [0, 0.1) is 5.92 Å². The molecule has 0 bridgehead atoms. The highest BCUT2D eigenvalue weighted by molar-refractivity contribution is 5.93. The second-order valence-corrected chi connectivity index (χ2v) is 3.23. The highest BCUT2D eigenvalue weighted by Crippen LogP contribution is 2.27. The standard InChI is InChI=1S/C9H11N3O2/c1-14-9(13)6-3-8-5(2-7(6)10)4-11-12-8/h3-5,12H,2,10H2,1H3. The summed E-state index contributed by atoms with van der Waals surface area (Å²) in [5.74, 6) is -0.217. The first-order valence-electron chi connectivity index (χ1n) is 4.30. The molecule has 1 aliphatic carbocycles. The van der Waals surface area contributed by atoms with Gasteiger partial charge in [-0.2, -0.15) is 5.10 Å². The molecule has 2 aliphatic rings. The lowest BCUT2D eigenvalue weighted by molar-refractivity contribution is -0.135. The molecule has 0 amide bonds. The van der Waals surface area contributed by atoms with E-state index >= 15 is 0 Å². The molecule has 1 unspecified atom stereocenters. The number of hydrogen-bond donors (Lipinski definition) is 2. The second kappa shape index (κ2) is 3.17. The normalized spacial score (nSPS) is 24.1. The number of esters is 1. The van der Waals surface area contributed by atoms with E-state index < -0.39 is 5.97 Å². The van der Waals surface area contributed by atoms with Crippen molar-refractivity contribution in [3.05, 3.63) is 23.0 Å². The highest BCUT2D eigenvalue weighted by atomic mass is 16.5. The lowest BCUT2D eigenvalue weighted by Crippen LogP contribution is -2.22. The summed E-state index contributed by atoms with van der Waals surface area (Å²) in [5, 5.41) is 3.90. The number of methoxy groups -OCH3 is 1. The van der Waals surface area contributed by atoms with Crippen molar-refractivity contribution < 1.29 is 9.53 Å². The van der Waals surface area contributed by atoms with Gasteiger partial charge in [-0.1, -0.05) is 0 Å². The minimum Gasteiger partial charge on any atom is -0.465 e. The van der Waals surface area contributed by atoms with Crippen LogP contribution in [-0.4, -0.2) is 19.3 Å². The predicted molar refractivity (Wildman–Crippen MR) is 51.0 cm³/mol. The van der Waals surface area contributed by atoms with Crippen LogP contribution in [0.4, 0.5) is 0 Å². The number of nitrogens with two attached hydrogens (primary N) is 1. The van der Waals surface area contributed by atoms with Gasteiger partial charge in [0.25, 0.3) is 0 Å². The van der Waals surface area contributed by atoms with Crippen molar-refractivity contribution in [2.75, 3.05) is 7.11 Å². The van der Waals surface area contributed by atoms with Crippen LogP contribution in [0.3, 0.4) is 0 Å². The molecule has 14 heavy (non-hydrogen) atoms. The van der Waals surface area contributed by atoms with Crippen LogP contribution in [0.2, 0.25) is 0 Å². The molecule has 0 saturated carbocycles. The summed E-state index contributed by atoms with van der Waals surface area (Å²) in [6.07, 6.45) is 4.10. The zero-order valence-corrected chi connectivity index (χ0v) is 7.78. The van der Waals surface area contributed by atoms with Crippen molar-refractivity contribution in [2.45, 2.75) is 6.42 Å². The fourth-order valence-electron chi connectivity index (χ4n) is 1.56. The Morgan fingerprint density at radius 1 is 1.79 bits per heavy atom. The van der Waals surface area contributed by atoms with E-state index in [0.717, 1.165) is 5.70 Å². The van der Waals surface area contributed by atoms with Gasteiger partial charge in [0.1, 0.15) is 0 Å². The Bertz CT molecular complexity index is 368. The molecule has 0 spiro atoms. The van der Waals surface area contributed by atoms with Crippen LogP contribution < -0.4 is 11.2 Å². The van der Waals surface area contributed by atoms with Gasteiger partial charge in [-0.3, -0.25) is 5.43 Å². The zero-order valence-electron chi connectivity index (χ0n) is 7.78. The van der Waals surface area contributed by atoms with E-state index in [1.807, 2.05) is 0 Å². The van der Waals surface area contributed by atoms with Crippen LogP contribution in [0.1, 0.15) is 6.42 Å². The van der Waals surface area contributed by atoms with Gasteiger partial charge in [0, 0.05) is 29.9 Å². The van der Waals surface area contributed by atoms with Gasteiger partial charge in [-0.25, -0.2) is 4.79 Å². The second-order valence-electron chi connectivity index (χ2n) is 3.23. The van der Waals surface area contributed by atoms with E-state index in [-0.39, 0.29) is 5.92 Å². The van der Waals surface area contributed by atoms with Gasteiger partial charge < -0.3 is 10.5 Å². The summed E-state index contributed by atoms with van der Waals surface area (Å²) >= 11 is 0. The lowest BCUT2D eigenvalue weighted by Gasteiger charge is -2.17. The van der Waals surface area contributed by atoms with Gasteiger partial charge in [0.2, 0.25) is 0 Å². The molecular weight excluding hydrogens is 182 g/mol. The molecule has 0 radical (unpaired) electrons. The third kappa shape index (κ3) is 1.26. The molecule has 0 aromatic rings. The minimum absolute atomic E-state index is 0.184. The van der Waals surface area contributed by atoms with Crippen LogP contribution in [-0.2, 0) is 9.53 Å². The Morgan fingerprint density at radius 2 is 2.57 bits per heavy atom. The maximum absolute atomic E-state index is 11.3. The molecule has 0 saturated heterocycles. The number of nitrogens with zero attached hydrogens (tertiary/aromatic N) is 1. The number of hydrazone groups is 1. The van der Waals surface area contributed by atoms with Crippen LogP contribution in [0.15, 0.2) is 28.1 Å². The molecular formula is C9H11N3O2. The van der Waals surface area contributed by atoms with Crippen LogP contribution >= 0.6 is 0 Å². The van der Waals surface area contributed by atoms with Crippen molar-refractivity contribution in [2.24, 2.45) is 16.8 Å². The van der Waals surface area contributed by atoms with Crippen LogP contribution in [0.25, 0.3) is 0 Å². The summed E-state index contributed by atoms with van der Waals surface area (Å²) < 4.78 is 4.62. The van der Waals surface area contributed by atoms with Gasteiger partial charge in [0.15, 0.2) is 0 Å². The maximum Gasteiger partial charge on any atom is 0.339 e. The van der Waals surface area contributed by atoms with E-state index in [0.29, 0.717) is 17.7 Å². The van der Waals surface area contributed by atoms with Crippen molar-refractivity contribution in [3.63, 3.8) is 0 Å². The molecule has 3 N–H and O–H groups in total. The third-order valence-corrected chi connectivity index (χ3v) is 2.34. The molecule has 74 valence electrons. The van der Waals surface area contributed by atoms with Crippen molar-refractivity contribution >= 4 is 12.2 Å². The smallest absolute Gasteiger partial charge is 0.339 e. The van der Waals surface area contributed by atoms with Crippen molar-refractivity contribution in [3.8, 4) is 0 Å². The molecule has 2 rings (SSSR count). The topological polar surface area (TPSA) is 76.7 Å². The number of allylic oxidation sites excluding steroid dienone is 2. The number of fused-ring (bicyclic) bond motifs is 1. The molecule has 5 heteroatoms. The average Bonchev–Trinajstić information content (AvgIpc) is 2.62. The number of nitrogens with one attached hydrogen (secondary N) is 1. The zero-order chi connectivity index (χ0) is 10.1. The molecule has 1 heterocycles. The quantitative estimate of drug-likeness (QED) is 0.568.